The van der Waals surface area contributed by atoms with E-state index in [-0.39, 0.29) is 0 Å². The molecule has 3 rings (SSSR count). The molecule has 0 unspecified atom stereocenters. The molecule has 0 aliphatic rings. The van der Waals surface area contributed by atoms with Gasteiger partial charge >= 0.3 is 17.8 Å². The summed E-state index contributed by atoms with van der Waals surface area (Å²) in [6, 6.07) is 17.7. The van der Waals surface area contributed by atoms with Gasteiger partial charge in [0.05, 0.1) is 11.8 Å². The van der Waals surface area contributed by atoms with E-state index in [0.717, 1.165) is 5.56 Å². The largest absolute Gasteiger partial charge is 0.423 e. The molecule has 0 bridgehead atoms. The summed E-state index contributed by atoms with van der Waals surface area (Å²) in [5.74, 6) is -2.00. The molecule has 9 heteroatoms. The Balaban J connectivity index is 1.51. The highest BCUT2D eigenvalue weighted by Gasteiger charge is 2.13. The van der Waals surface area contributed by atoms with Crippen molar-refractivity contribution in [3.63, 3.8) is 0 Å². The fraction of sp³-hybridized carbons (Fsp3) is 0.0435. The molecule has 3 aromatic carbocycles. The lowest BCUT2D eigenvalue weighted by atomic mass is 10.2. The van der Waals surface area contributed by atoms with Gasteiger partial charge in [-0.05, 0) is 78.7 Å². The van der Waals surface area contributed by atoms with E-state index in [1.54, 1.807) is 66.7 Å². The van der Waals surface area contributed by atoms with Gasteiger partial charge in [-0.25, -0.2) is 10.2 Å². The number of hydrogen-bond donors (Lipinski definition) is 2. The first-order valence-electron chi connectivity index (χ1n) is 9.30. The molecule has 0 saturated heterocycles. The molecule has 0 aliphatic carbocycles. The number of nitrogens with one attached hydrogen (secondary N) is 2. The van der Waals surface area contributed by atoms with Crippen molar-refractivity contribution >= 4 is 52.9 Å². The van der Waals surface area contributed by atoms with E-state index in [4.69, 9.17) is 27.9 Å². The summed E-state index contributed by atoms with van der Waals surface area (Å²) in [5.41, 5.74) is 4.37. The number of benzene rings is 3. The maximum absolute atomic E-state index is 12.1. The second kappa shape index (κ2) is 10.6. The van der Waals surface area contributed by atoms with Crippen LogP contribution in [0, 0.1) is 6.92 Å². The van der Waals surface area contributed by atoms with E-state index >= 15 is 0 Å². The average Bonchev–Trinajstić information content (AvgIpc) is 2.77. The Bertz CT molecular complexity index is 1180. The number of halogens is 2. The number of hydrazone groups is 1. The SMILES string of the molecule is Cc1ccc(NC(=O)C(=O)NN=Cc2ccc(OC(=O)c3ccc(Cl)cc3)cc2)cc1Cl. The van der Waals surface area contributed by atoms with Crippen LogP contribution in [0.3, 0.4) is 0 Å². The predicted molar refractivity (Wildman–Crippen MR) is 123 cm³/mol. The van der Waals surface area contributed by atoms with E-state index in [0.29, 0.717) is 32.6 Å². The van der Waals surface area contributed by atoms with Crippen LogP contribution in [0.15, 0.2) is 71.8 Å². The lowest BCUT2D eigenvalue weighted by Crippen LogP contribution is -2.32. The molecule has 0 radical (unpaired) electrons. The number of hydrogen-bond acceptors (Lipinski definition) is 5. The van der Waals surface area contributed by atoms with Crippen LogP contribution in [0.2, 0.25) is 10.0 Å². The molecule has 0 atom stereocenters. The van der Waals surface area contributed by atoms with Gasteiger partial charge in [0, 0.05) is 15.7 Å². The van der Waals surface area contributed by atoms with E-state index in [9.17, 15) is 14.4 Å². The topological polar surface area (TPSA) is 96.9 Å². The van der Waals surface area contributed by atoms with Gasteiger partial charge in [0.2, 0.25) is 0 Å². The molecule has 0 heterocycles. The van der Waals surface area contributed by atoms with Crippen molar-refractivity contribution in [1.82, 2.24) is 5.43 Å². The van der Waals surface area contributed by atoms with Crippen LogP contribution in [0.4, 0.5) is 5.69 Å². The molecule has 162 valence electrons. The smallest absolute Gasteiger partial charge is 0.343 e. The molecule has 32 heavy (non-hydrogen) atoms. The van der Waals surface area contributed by atoms with Gasteiger partial charge in [-0.15, -0.1) is 0 Å². The highest BCUT2D eigenvalue weighted by atomic mass is 35.5. The molecule has 7 nitrogen and oxygen atoms in total. The van der Waals surface area contributed by atoms with Crippen LogP contribution in [0.5, 0.6) is 5.75 Å². The maximum Gasteiger partial charge on any atom is 0.343 e. The number of carbonyl (C=O) groups excluding carboxylic acids is 3. The van der Waals surface area contributed by atoms with Gasteiger partial charge in [0.15, 0.2) is 0 Å². The number of esters is 1. The summed E-state index contributed by atoms with van der Waals surface area (Å²) in [4.78, 5) is 35.9. The maximum atomic E-state index is 12.1. The third-order valence-corrected chi connectivity index (χ3v) is 4.85. The number of rotatable bonds is 5. The van der Waals surface area contributed by atoms with Crippen LogP contribution in [-0.4, -0.2) is 24.0 Å². The summed E-state index contributed by atoms with van der Waals surface area (Å²) in [7, 11) is 0. The molecular weight excluding hydrogens is 453 g/mol. The third kappa shape index (κ3) is 6.41. The Morgan fingerprint density at radius 2 is 1.59 bits per heavy atom. The zero-order valence-electron chi connectivity index (χ0n) is 16.8. The van der Waals surface area contributed by atoms with Crippen molar-refractivity contribution in [2.24, 2.45) is 5.10 Å². The Morgan fingerprint density at radius 1 is 0.906 bits per heavy atom. The van der Waals surface area contributed by atoms with E-state index in [1.807, 2.05) is 6.92 Å². The van der Waals surface area contributed by atoms with E-state index < -0.39 is 17.8 Å². The minimum atomic E-state index is -0.938. The molecule has 0 spiro atoms. The lowest BCUT2D eigenvalue weighted by Gasteiger charge is -2.06. The van der Waals surface area contributed by atoms with Crippen molar-refractivity contribution in [2.45, 2.75) is 6.92 Å². The zero-order valence-corrected chi connectivity index (χ0v) is 18.3. The first-order chi connectivity index (χ1) is 15.3. The summed E-state index contributed by atoms with van der Waals surface area (Å²) in [5, 5.41) is 7.18. The minimum Gasteiger partial charge on any atom is -0.423 e. The van der Waals surface area contributed by atoms with Gasteiger partial charge in [0.1, 0.15) is 5.75 Å². The Labute approximate surface area is 194 Å². The fourth-order valence-electron chi connectivity index (χ4n) is 2.45. The van der Waals surface area contributed by atoms with Crippen LogP contribution >= 0.6 is 23.2 Å². The van der Waals surface area contributed by atoms with Crippen LogP contribution < -0.4 is 15.5 Å². The number of amides is 2. The predicted octanol–water partition coefficient (Wildman–Crippen LogP) is 4.61. The molecule has 2 amide bonds. The number of ether oxygens (including phenoxy) is 1. The molecule has 2 N–H and O–H groups in total. The van der Waals surface area contributed by atoms with Crippen LogP contribution in [0.25, 0.3) is 0 Å². The second-order valence-corrected chi connectivity index (χ2v) is 7.43. The number of aryl methyl sites for hydroxylation is 1. The highest BCUT2D eigenvalue weighted by molar-refractivity contribution is 6.39. The van der Waals surface area contributed by atoms with Crippen LogP contribution in [0.1, 0.15) is 21.5 Å². The quantitative estimate of drug-likeness (QED) is 0.187. The molecule has 0 fully saturated rings. The van der Waals surface area contributed by atoms with Gasteiger partial charge in [-0.3, -0.25) is 9.59 Å². The molecule has 0 saturated carbocycles. The van der Waals surface area contributed by atoms with Crippen LogP contribution in [-0.2, 0) is 9.59 Å². The van der Waals surface area contributed by atoms with Crippen molar-refractivity contribution < 1.29 is 19.1 Å². The minimum absolute atomic E-state index is 0.335. The lowest BCUT2D eigenvalue weighted by molar-refractivity contribution is -0.136. The summed E-state index contributed by atoms with van der Waals surface area (Å²) in [6.07, 6.45) is 1.35. The normalized spacial score (nSPS) is 10.6. The standard InChI is InChI=1S/C23H17Cl2N3O4/c1-14-2-9-18(12-20(14)25)27-21(29)22(30)28-26-13-15-3-10-19(11-4-15)32-23(31)16-5-7-17(24)8-6-16/h2-13H,1H3,(H,27,29)(H,28,30). The first kappa shape index (κ1) is 23.0. The molecule has 3 aromatic rings. The Kier molecular flexibility index (Phi) is 7.59. The van der Waals surface area contributed by atoms with Crippen molar-refractivity contribution in [1.29, 1.82) is 0 Å². The monoisotopic (exact) mass is 469 g/mol. The fourth-order valence-corrected chi connectivity index (χ4v) is 2.76. The summed E-state index contributed by atoms with van der Waals surface area (Å²) < 4.78 is 5.28. The van der Waals surface area contributed by atoms with Gasteiger partial charge in [-0.1, -0.05) is 29.3 Å². The summed E-state index contributed by atoms with van der Waals surface area (Å²) in [6.45, 7) is 1.82. The molecular formula is C23H17Cl2N3O4. The van der Waals surface area contributed by atoms with Crippen molar-refractivity contribution in [3.8, 4) is 5.75 Å². The molecule has 0 aromatic heterocycles. The van der Waals surface area contributed by atoms with E-state index in [2.05, 4.69) is 15.8 Å². The Morgan fingerprint density at radius 3 is 2.25 bits per heavy atom. The first-order valence-corrected chi connectivity index (χ1v) is 10.1. The van der Waals surface area contributed by atoms with Crippen molar-refractivity contribution in [2.75, 3.05) is 5.32 Å². The number of nitrogens with zero attached hydrogens (tertiary/aromatic N) is 1. The number of carbonyl (C=O) groups is 3. The second-order valence-electron chi connectivity index (χ2n) is 6.58. The molecule has 0 aliphatic heterocycles. The zero-order chi connectivity index (χ0) is 23.1. The summed E-state index contributed by atoms with van der Waals surface area (Å²) >= 11 is 11.8. The Hall–Kier alpha value is -3.68. The highest BCUT2D eigenvalue weighted by Crippen LogP contribution is 2.20. The third-order valence-electron chi connectivity index (χ3n) is 4.19. The van der Waals surface area contributed by atoms with E-state index in [1.165, 1.54) is 6.21 Å². The van der Waals surface area contributed by atoms with Gasteiger partial charge < -0.3 is 10.1 Å². The van der Waals surface area contributed by atoms with Gasteiger partial charge in [-0.2, -0.15) is 5.10 Å². The van der Waals surface area contributed by atoms with Gasteiger partial charge in [0.25, 0.3) is 0 Å². The van der Waals surface area contributed by atoms with Crippen molar-refractivity contribution in [3.05, 3.63) is 93.5 Å². The average molecular weight is 470 g/mol. The number of anilines is 1.